The van der Waals surface area contributed by atoms with E-state index in [0.29, 0.717) is 16.8 Å². The third-order valence-corrected chi connectivity index (χ3v) is 2.94. The minimum atomic E-state index is -4.39. The van der Waals surface area contributed by atoms with Gasteiger partial charge in [-0.25, -0.2) is 0 Å². The van der Waals surface area contributed by atoms with Crippen LogP contribution >= 0.6 is 0 Å². The Morgan fingerprint density at radius 2 is 1.64 bits per heavy atom. The number of nitrogens with zero attached hydrogens (tertiary/aromatic N) is 1. The average Bonchev–Trinajstić information content (AvgIpc) is 2.47. The fourth-order valence-corrected chi connectivity index (χ4v) is 1.83. The molecule has 0 spiro atoms. The number of rotatable bonds is 3. The number of hydrogen-bond acceptors (Lipinski definition) is 2. The number of alkyl halides is 3. The Morgan fingerprint density at radius 1 is 1.05 bits per heavy atom. The lowest BCUT2D eigenvalue weighted by molar-refractivity contribution is -0.137. The van der Waals surface area contributed by atoms with Gasteiger partial charge in [-0.1, -0.05) is 12.1 Å². The fourth-order valence-electron chi connectivity index (χ4n) is 1.83. The number of benzene rings is 2. The molecule has 0 aromatic heterocycles. The van der Waals surface area contributed by atoms with E-state index in [1.54, 1.807) is 24.3 Å². The van der Waals surface area contributed by atoms with Crippen LogP contribution < -0.4 is 5.32 Å². The minimum absolute atomic E-state index is 0.0296. The quantitative estimate of drug-likeness (QED) is 0.938. The first kappa shape index (κ1) is 15.6. The molecule has 6 heteroatoms. The van der Waals surface area contributed by atoms with Gasteiger partial charge < -0.3 is 5.32 Å². The summed E-state index contributed by atoms with van der Waals surface area (Å²) < 4.78 is 37.3. The SMILES string of the molecule is N#Cc1ccc(NC(=O)Cc2ccc(C(F)(F)F)cc2)cc1. The number of halogens is 3. The predicted molar refractivity (Wildman–Crippen MR) is 74.9 cm³/mol. The van der Waals surface area contributed by atoms with Crippen LogP contribution in [0.1, 0.15) is 16.7 Å². The average molecular weight is 304 g/mol. The Labute approximate surface area is 125 Å². The van der Waals surface area contributed by atoms with E-state index in [-0.39, 0.29) is 12.3 Å². The summed E-state index contributed by atoms with van der Waals surface area (Å²) in [5.74, 6) is -0.343. The van der Waals surface area contributed by atoms with E-state index in [9.17, 15) is 18.0 Å². The van der Waals surface area contributed by atoms with Crippen molar-refractivity contribution in [1.82, 2.24) is 0 Å². The molecule has 0 aliphatic carbocycles. The van der Waals surface area contributed by atoms with Crippen LogP contribution in [-0.2, 0) is 17.4 Å². The van der Waals surface area contributed by atoms with Gasteiger partial charge in [-0.15, -0.1) is 0 Å². The molecule has 2 aromatic carbocycles. The van der Waals surface area contributed by atoms with Crippen molar-refractivity contribution in [3.8, 4) is 6.07 Å². The van der Waals surface area contributed by atoms with Gasteiger partial charge in [0.15, 0.2) is 0 Å². The molecule has 0 radical (unpaired) electrons. The molecule has 0 bridgehead atoms. The number of anilines is 1. The standard InChI is InChI=1S/C16H11F3N2O/c17-16(18,19)13-5-1-11(2-6-13)9-15(22)21-14-7-3-12(10-20)4-8-14/h1-8H,9H2,(H,21,22). The minimum Gasteiger partial charge on any atom is -0.326 e. The van der Waals surface area contributed by atoms with E-state index < -0.39 is 11.7 Å². The summed E-state index contributed by atoms with van der Waals surface area (Å²) in [6, 6.07) is 12.7. The van der Waals surface area contributed by atoms with Crippen LogP contribution in [0.2, 0.25) is 0 Å². The van der Waals surface area contributed by atoms with Crippen molar-refractivity contribution in [3.05, 3.63) is 65.2 Å². The summed E-state index contributed by atoms with van der Waals surface area (Å²) in [5.41, 5.74) is 0.736. The maximum atomic E-state index is 12.4. The molecule has 2 rings (SSSR count). The smallest absolute Gasteiger partial charge is 0.326 e. The van der Waals surface area contributed by atoms with Gasteiger partial charge >= 0.3 is 6.18 Å². The van der Waals surface area contributed by atoms with Gasteiger partial charge in [0.1, 0.15) is 0 Å². The lowest BCUT2D eigenvalue weighted by atomic mass is 10.1. The third-order valence-electron chi connectivity index (χ3n) is 2.94. The lowest BCUT2D eigenvalue weighted by Crippen LogP contribution is -2.14. The summed E-state index contributed by atoms with van der Waals surface area (Å²) >= 11 is 0. The zero-order chi connectivity index (χ0) is 16.2. The van der Waals surface area contributed by atoms with Crippen molar-refractivity contribution < 1.29 is 18.0 Å². The molecule has 0 saturated carbocycles. The lowest BCUT2D eigenvalue weighted by Gasteiger charge is -2.08. The summed E-state index contributed by atoms with van der Waals surface area (Å²) in [4.78, 5) is 11.8. The number of amides is 1. The second-order valence-electron chi connectivity index (χ2n) is 4.61. The number of hydrogen-bond donors (Lipinski definition) is 1. The molecule has 22 heavy (non-hydrogen) atoms. The molecule has 1 N–H and O–H groups in total. The highest BCUT2D eigenvalue weighted by Crippen LogP contribution is 2.29. The zero-order valence-electron chi connectivity index (χ0n) is 11.3. The van der Waals surface area contributed by atoms with Crippen molar-refractivity contribution >= 4 is 11.6 Å². The van der Waals surface area contributed by atoms with Crippen LogP contribution in [0, 0.1) is 11.3 Å². The Balaban J connectivity index is 1.98. The molecule has 0 aliphatic rings. The van der Waals surface area contributed by atoms with E-state index in [2.05, 4.69) is 5.32 Å². The van der Waals surface area contributed by atoms with Gasteiger partial charge in [-0.2, -0.15) is 18.4 Å². The van der Waals surface area contributed by atoms with Crippen molar-refractivity contribution in [2.75, 3.05) is 5.32 Å². The van der Waals surface area contributed by atoms with Gasteiger partial charge in [0, 0.05) is 5.69 Å². The van der Waals surface area contributed by atoms with Crippen molar-refractivity contribution in [3.63, 3.8) is 0 Å². The van der Waals surface area contributed by atoms with E-state index in [1.165, 1.54) is 12.1 Å². The van der Waals surface area contributed by atoms with E-state index in [1.807, 2.05) is 6.07 Å². The topological polar surface area (TPSA) is 52.9 Å². The van der Waals surface area contributed by atoms with Crippen LogP contribution in [-0.4, -0.2) is 5.91 Å². The fraction of sp³-hybridized carbons (Fsp3) is 0.125. The first-order chi connectivity index (χ1) is 10.4. The normalized spacial score (nSPS) is 10.8. The number of carbonyl (C=O) groups is 1. The van der Waals surface area contributed by atoms with Crippen molar-refractivity contribution in [2.45, 2.75) is 12.6 Å². The maximum absolute atomic E-state index is 12.4. The molecule has 0 heterocycles. The van der Waals surface area contributed by atoms with Crippen LogP contribution in [0.3, 0.4) is 0 Å². The van der Waals surface area contributed by atoms with Crippen molar-refractivity contribution in [1.29, 1.82) is 5.26 Å². The Hall–Kier alpha value is -2.81. The largest absolute Gasteiger partial charge is 0.416 e. The molecule has 0 fully saturated rings. The number of nitrogens with one attached hydrogen (secondary N) is 1. The second-order valence-corrected chi connectivity index (χ2v) is 4.61. The van der Waals surface area contributed by atoms with Gasteiger partial charge in [0.25, 0.3) is 0 Å². The van der Waals surface area contributed by atoms with Crippen molar-refractivity contribution in [2.24, 2.45) is 0 Å². The van der Waals surface area contributed by atoms with Crippen LogP contribution in [0.4, 0.5) is 18.9 Å². The molecule has 0 saturated heterocycles. The third kappa shape index (κ3) is 4.09. The molecule has 2 aromatic rings. The summed E-state index contributed by atoms with van der Waals surface area (Å²) in [7, 11) is 0. The highest BCUT2D eigenvalue weighted by Gasteiger charge is 2.29. The summed E-state index contributed by atoms with van der Waals surface area (Å²) in [5, 5.41) is 11.3. The van der Waals surface area contributed by atoms with Gasteiger partial charge in [-0.3, -0.25) is 4.79 Å². The summed E-state index contributed by atoms with van der Waals surface area (Å²) in [6.45, 7) is 0. The Morgan fingerprint density at radius 3 is 2.14 bits per heavy atom. The molecule has 1 amide bonds. The van der Waals surface area contributed by atoms with Gasteiger partial charge in [0.2, 0.25) is 5.91 Å². The van der Waals surface area contributed by atoms with Crippen LogP contribution in [0.15, 0.2) is 48.5 Å². The first-order valence-corrected chi connectivity index (χ1v) is 6.34. The summed E-state index contributed by atoms with van der Waals surface area (Å²) in [6.07, 6.45) is -4.42. The van der Waals surface area contributed by atoms with E-state index in [4.69, 9.17) is 5.26 Å². The van der Waals surface area contributed by atoms with Crippen LogP contribution in [0.25, 0.3) is 0 Å². The zero-order valence-corrected chi connectivity index (χ0v) is 11.3. The molecule has 112 valence electrons. The molecule has 0 atom stereocenters. The first-order valence-electron chi connectivity index (χ1n) is 6.34. The molecule has 0 aliphatic heterocycles. The van der Waals surface area contributed by atoms with E-state index >= 15 is 0 Å². The second kappa shape index (κ2) is 6.31. The molecule has 3 nitrogen and oxygen atoms in total. The van der Waals surface area contributed by atoms with Gasteiger partial charge in [0.05, 0.1) is 23.6 Å². The predicted octanol–water partition coefficient (Wildman–Crippen LogP) is 3.76. The Bertz CT molecular complexity index is 698. The van der Waals surface area contributed by atoms with Crippen LogP contribution in [0.5, 0.6) is 0 Å². The Kier molecular flexibility index (Phi) is 4.47. The van der Waals surface area contributed by atoms with Gasteiger partial charge in [-0.05, 0) is 42.0 Å². The maximum Gasteiger partial charge on any atom is 0.416 e. The number of nitriles is 1. The van der Waals surface area contributed by atoms with E-state index in [0.717, 1.165) is 12.1 Å². The molecule has 0 unspecified atom stereocenters. The number of carbonyl (C=O) groups excluding carboxylic acids is 1. The monoisotopic (exact) mass is 304 g/mol. The molecular formula is C16H11F3N2O. The highest BCUT2D eigenvalue weighted by molar-refractivity contribution is 5.92. The highest BCUT2D eigenvalue weighted by atomic mass is 19.4. The molecular weight excluding hydrogens is 293 g/mol.